The monoisotopic (exact) mass is 372 g/mol. The number of hydrogen-bond acceptors (Lipinski definition) is 4. The van der Waals surface area contributed by atoms with Crippen molar-refractivity contribution < 1.29 is 19.2 Å². The van der Waals surface area contributed by atoms with E-state index in [1.165, 1.54) is 0 Å². The van der Waals surface area contributed by atoms with Gasteiger partial charge in [0.2, 0.25) is 0 Å². The Hall–Kier alpha value is -3.80. The average molecular weight is 372 g/mol. The van der Waals surface area contributed by atoms with Crippen LogP contribution in [0.15, 0.2) is 72.8 Å². The minimum absolute atomic E-state index is 0.492. The van der Waals surface area contributed by atoms with Crippen LogP contribution in [0.25, 0.3) is 11.1 Å². The first-order valence-electron chi connectivity index (χ1n) is 8.73. The van der Waals surface area contributed by atoms with Crippen molar-refractivity contribution in [1.82, 2.24) is 9.80 Å². The largest absolute Gasteiger partial charge is 0.269 e. The quantitative estimate of drug-likeness (QED) is 0.773. The first kappa shape index (κ1) is 17.6. The Bertz CT molecular complexity index is 971. The van der Waals surface area contributed by atoms with E-state index in [0.717, 1.165) is 50.8 Å². The molecule has 2 aromatic rings. The number of aryl methyl sites for hydroxylation is 1. The van der Waals surface area contributed by atoms with Gasteiger partial charge in [-0.1, -0.05) is 54.1 Å². The highest BCUT2D eigenvalue weighted by Crippen LogP contribution is 2.32. The fourth-order valence-electron chi connectivity index (χ4n) is 3.31. The summed E-state index contributed by atoms with van der Waals surface area (Å²) in [5.74, 6) is -2.26. The molecule has 138 valence electrons. The molecular formula is C22H16N2O4. The molecule has 6 nitrogen and oxygen atoms in total. The second-order valence-electron chi connectivity index (χ2n) is 6.62. The van der Waals surface area contributed by atoms with Crippen molar-refractivity contribution in [1.29, 1.82) is 0 Å². The van der Waals surface area contributed by atoms with Gasteiger partial charge in [0.1, 0.15) is 6.17 Å². The van der Waals surface area contributed by atoms with Crippen LogP contribution in [0, 0.1) is 6.92 Å². The number of benzene rings is 2. The molecule has 4 amide bonds. The maximum Gasteiger partial charge on any atom is 0.255 e. The Morgan fingerprint density at radius 3 is 1.32 bits per heavy atom. The van der Waals surface area contributed by atoms with Crippen molar-refractivity contribution in [2.45, 2.75) is 13.1 Å². The Morgan fingerprint density at radius 2 is 0.929 bits per heavy atom. The van der Waals surface area contributed by atoms with Crippen molar-refractivity contribution in [3.8, 4) is 11.1 Å². The molecule has 0 spiro atoms. The zero-order valence-corrected chi connectivity index (χ0v) is 15.0. The molecule has 0 fully saturated rings. The number of carbonyl (C=O) groups is 4. The lowest BCUT2D eigenvalue weighted by molar-refractivity contribution is -0.152. The van der Waals surface area contributed by atoms with E-state index in [9.17, 15) is 19.2 Å². The summed E-state index contributed by atoms with van der Waals surface area (Å²) >= 11 is 0. The molecule has 28 heavy (non-hydrogen) atoms. The molecule has 0 radical (unpaired) electrons. The SMILES string of the molecule is Cc1ccc(-c2ccc(C(N3C(=O)C=CC3=O)N3C(=O)C=CC3=O)cc2)cc1. The summed E-state index contributed by atoms with van der Waals surface area (Å²) in [7, 11) is 0. The first-order chi connectivity index (χ1) is 13.5. The van der Waals surface area contributed by atoms with Crippen LogP contribution in [-0.4, -0.2) is 33.4 Å². The molecular weight excluding hydrogens is 356 g/mol. The number of nitrogens with zero attached hydrogens (tertiary/aromatic N) is 2. The van der Waals surface area contributed by atoms with Crippen LogP contribution in [0.4, 0.5) is 0 Å². The molecule has 0 atom stereocenters. The van der Waals surface area contributed by atoms with Crippen LogP contribution in [0.5, 0.6) is 0 Å². The van der Waals surface area contributed by atoms with Gasteiger partial charge in [-0.2, -0.15) is 0 Å². The molecule has 2 aromatic carbocycles. The second-order valence-corrected chi connectivity index (χ2v) is 6.62. The predicted octanol–water partition coefficient (Wildman–Crippen LogP) is 2.51. The minimum Gasteiger partial charge on any atom is -0.269 e. The Morgan fingerprint density at radius 1 is 0.571 bits per heavy atom. The summed E-state index contributed by atoms with van der Waals surface area (Å²) in [6, 6.07) is 15.1. The minimum atomic E-state index is -1.13. The average Bonchev–Trinajstić information content (AvgIpc) is 3.20. The standard InChI is InChI=1S/C22H16N2O4/c1-14-2-4-15(5-3-14)16-6-8-17(9-7-16)22(23-18(25)10-11-19(23)26)24-20(27)12-13-21(24)28/h2-13,22H,1H3. The molecule has 0 aromatic heterocycles. The normalized spacial score (nSPS) is 16.2. The van der Waals surface area contributed by atoms with Gasteiger partial charge >= 0.3 is 0 Å². The van der Waals surface area contributed by atoms with Gasteiger partial charge in [0, 0.05) is 24.3 Å². The maximum atomic E-state index is 12.2. The van der Waals surface area contributed by atoms with E-state index in [1.54, 1.807) is 12.1 Å². The highest BCUT2D eigenvalue weighted by Gasteiger charge is 2.41. The van der Waals surface area contributed by atoms with Gasteiger partial charge in [0.05, 0.1) is 0 Å². The van der Waals surface area contributed by atoms with Crippen LogP contribution < -0.4 is 0 Å². The summed E-state index contributed by atoms with van der Waals surface area (Å²) in [4.78, 5) is 50.8. The highest BCUT2D eigenvalue weighted by molar-refractivity contribution is 6.16. The van der Waals surface area contributed by atoms with Crippen molar-refractivity contribution >= 4 is 23.6 Å². The van der Waals surface area contributed by atoms with Gasteiger partial charge in [0.15, 0.2) is 0 Å². The molecule has 4 rings (SSSR count). The molecule has 0 unspecified atom stereocenters. The molecule has 0 saturated carbocycles. The smallest absolute Gasteiger partial charge is 0.255 e. The van der Waals surface area contributed by atoms with Crippen molar-refractivity contribution in [3.05, 3.63) is 84.0 Å². The Balaban J connectivity index is 1.73. The van der Waals surface area contributed by atoms with E-state index in [4.69, 9.17) is 0 Å². The van der Waals surface area contributed by atoms with Crippen molar-refractivity contribution in [2.24, 2.45) is 0 Å². The fraction of sp³-hybridized carbons (Fsp3) is 0.0909. The summed E-state index contributed by atoms with van der Waals surface area (Å²) in [6.45, 7) is 2.01. The molecule has 0 saturated heterocycles. The van der Waals surface area contributed by atoms with Gasteiger partial charge in [-0.3, -0.25) is 19.2 Å². The van der Waals surface area contributed by atoms with Gasteiger partial charge < -0.3 is 0 Å². The molecule has 0 bridgehead atoms. The third-order valence-corrected chi connectivity index (χ3v) is 4.77. The summed E-state index contributed by atoms with van der Waals surface area (Å²) in [5.41, 5.74) is 3.60. The third-order valence-electron chi connectivity index (χ3n) is 4.77. The fourth-order valence-corrected chi connectivity index (χ4v) is 3.31. The van der Waals surface area contributed by atoms with Gasteiger partial charge in [0.25, 0.3) is 23.6 Å². The molecule has 6 heteroatoms. The summed E-state index contributed by atoms with van der Waals surface area (Å²) < 4.78 is 0. The number of imide groups is 2. The van der Waals surface area contributed by atoms with Crippen LogP contribution in [0.3, 0.4) is 0 Å². The molecule has 2 heterocycles. The lowest BCUT2D eigenvalue weighted by Crippen LogP contribution is -2.47. The van der Waals surface area contributed by atoms with E-state index >= 15 is 0 Å². The number of rotatable bonds is 4. The van der Waals surface area contributed by atoms with Gasteiger partial charge in [-0.05, 0) is 23.6 Å². The molecule has 2 aliphatic rings. The van der Waals surface area contributed by atoms with Crippen LogP contribution >= 0.6 is 0 Å². The summed E-state index contributed by atoms with van der Waals surface area (Å²) in [6.07, 6.45) is 3.41. The number of amides is 4. The zero-order valence-electron chi connectivity index (χ0n) is 15.0. The van der Waals surface area contributed by atoms with Crippen LogP contribution in [0.2, 0.25) is 0 Å². The Kier molecular flexibility index (Phi) is 4.24. The van der Waals surface area contributed by atoms with E-state index in [2.05, 4.69) is 0 Å². The van der Waals surface area contributed by atoms with Crippen molar-refractivity contribution in [2.75, 3.05) is 0 Å². The molecule has 2 aliphatic heterocycles. The highest BCUT2D eigenvalue weighted by atomic mass is 16.2. The molecule has 0 N–H and O–H groups in total. The summed E-state index contributed by atoms with van der Waals surface area (Å²) in [5, 5.41) is 0. The maximum absolute atomic E-state index is 12.2. The lowest BCUT2D eigenvalue weighted by atomic mass is 10.0. The van der Waals surface area contributed by atoms with Gasteiger partial charge in [-0.25, -0.2) is 9.80 Å². The predicted molar refractivity (Wildman–Crippen MR) is 101 cm³/mol. The topological polar surface area (TPSA) is 74.8 Å². The van der Waals surface area contributed by atoms with Crippen LogP contribution in [0.1, 0.15) is 17.3 Å². The van der Waals surface area contributed by atoms with E-state index < -0.39 is 29.8 Å². The number of hydrogen-bond donors (Lipinski definition) is 0. The van der Waals surface area contributed by atoms with Crippen molar-refractivity contribution in [3.63, 3.8) is 0 Å². The van der Waals surface area contributed by atoms with Gasteiger partial charge in [-0.15, -0.1) is 0 Å². The molecule has 0 aliphatic carbocycles. The first-order valence-corrected chi connectivity index (χ1v) is 8.73. The Labute approximate surface area is 161 Å². The third kappa shape index (κ3) is 2.95. The lowest BCUT2D eigenvalue weighted by Gasteiger charge is -2.33. The van der Waals surface area contributed by atoms with Crippen LogP contribution in [-0.2, 0) is 19.2 Å². The second kappa shape index (κ2) is 6.74. The van der Waals surface area contributed by atoms with E-state index in [0.29, 0.717) is 5.56 Å². The van der Waals surface area contributed by atoms with E-state index in [1.807, 2.05) is 43.3 Å². The van der Waals surface area contributed by atoms with E-state index in [-0.39, 0.29) is 0 Å². The zero-order chi connectivity index (χ0) is 19.8. The number of carbonyl (C=O) groups excluding carboxylic acids is 4.